The second-order valence-electron chi connectivity index (χ2n) is 19.6. The van der Waals surface area contributed by atoms with Crippen molar-refractivity contribution in [2.24, 2.45) is 0 Å². The number of rotatable bonds is 7. The number of hydrogen-bond acceptors (Lipinski definition) is 3. The minimum absolute atomic E-state index is 0.565. The van der Waals surface area contributed by atoms with E-state index < -0.39 is 0 Å². The molecule has 5 heterocycles. The van der Waals surface area contributed by atoms with Gasteiger partial charge in [0.25, 0.3) is 0 Å². The SMILES string of the molecule is c1ccc(-c2nc(-c3ccccc3)nc(-n3c4ccccc4c4ccc5c(c6ccccc6n5-c5cccc(-c6cccc(-n7c8ccccc8c8ccc9c%10ccccc%10n(-c%10ccccc%10)c9c87)c6)c5)c43)n2)cc1. The molecule has 0 saturated heterocycles. The zero-order valence-corrected chi connectivity index (χ0v) is 41.0. The van der Waals surface area contributed by atoms with Gasteiger partial charge in [0.2, 0.25) is 5.95 Å². The Labute approximate surface area is 436 Å². The van der Waals surface area contributed by atoms with Crippen LogP contribution < -0.4 is 0 Å². The molecule has 0 aliphatic carbocycles. The van der Waals surface area contributed by atoms with Gasteiger partial charge >= 0.3 is 0 Å². The molecule has 0 amide bonds. The third-order valence-corrected chi connectivity index (χ3v) is 15.4. The molecule has 11 aromatic carbocycles. The molecule has 0 fully saturated rings. The number of fused-ring (bicyclic) bond motifs is 14. The Morgan fingerprint density at radius 3 is 1.14 bits per heavy atom. The highest BCUT2D eigenvalue weighted by Gasteiger charge is 2.25. The van der Waals surface area contributed by atoms with E-state index in [4.69, 9.17) is 15.0 Å². The summed E-state index contributed by atoms with van der Waals surface area (Å²) in [6.07, 6.45) is 0. The molecule has 0 bridgehead atoms. The lowest BCUT2D eigenvalue weighted by molar-refractivity contribution is 0.955. The molecule has 0 radical (unpaired) electrons. The lowest BCUT2D eigenvalue weighted by atomic mass is 10.0. The summed E-state index contributed by atoms with van der Waals surface area (Å²) in [5.74, 6) is 1.80. The van der Waals surface area contributed by atoms with E-state index >= 15 is 0 Å². The van der Waals surface area contributed by atoms with E-state index in [1.807, 2.05) is 36.4 Å². The van der Waals surface area contributed by atoms with Crippen LogP contribution >= 0.6 is 0 Å². The van der Waals surface area contributed by atoms with E-state index in [-0.39, 0.29) is 0 Å². The smallest absolute Gasteiger partial charge is 0.238 e. The molecule has 7 nitrogen and oxygen atoms in total. The maximum Gasteiger partial charge on any atom is 0.238 e. The average molecular weight is 970 g/mol. The van der Waals surface area contributed by atoms with Gasteiger partial charge in [0.1, 0.15) is 0 Å². The van der Waals surface area contributed by atoms with E-state index in [0.29, 0.717) is 17.6 Å². The fraction of sp³-hybridized carbons (Fsp3) is 0. The van der Waals surface area contributed by atoms with Crippen LogP contribution in [0.1, 0.15) is 0 Å². The van der Waals surface area contributed by atoms with Crippen molar-refractivity contribution in [2.45, 2.75) is 0 Å². The lowest BCUT2D eigenvalue weighted by Crippen LogP contribution is -2.06. The first-order valence-corrected chi connectivity index (χ1v) is 25.8. The molecular formula is C69H43N7. The molecule has 0 N–H and O–H groups in total. The molecule has 5 aromatic heterocycles. The summed E-state index contributed by atoms with van der Waals surface area (Å²) in [4.78, 5) is 15.7. The molecule has 354 valence electrons. The summed E-state index contributed by atoms with van der Waals surface area (Å²) in [5.41, 5.74) is 16.4. The van der Waals surface area contributed by atoms with Crippen molar-refractivity contribution in [3.05, 3.63) is 261 Å². The van der Waals surface area contributed by atoms with Gasteiger partial charge in [-0.3, -0.25) is 4.57 Å². The lowest BCUT2D eigenvalue weighted by Gasteiger charge is -2.14. The van der Waals surface area contributed by atoms with E-state index in [1.54, 1.807) is 0 Å². The van der Waals surface area contributed by atoms with Gasteiger partial charge in [0.15, 0.2) is 11.6 Å². The molecule has 0 unspecified atom stereocenters. The van der Waals surface area contributed by atoms with Crippen LogP contribution in [0, 0.1) is 0 Å². The highest BCUT2D eigenvalue weighted by Crippen LogP contribution is 2.44. The third-order valence-electron chi connectivity index (χ3n) is 15.4. The van der Waals surface area contributed by atoms with Crippen molar-refractivity contribution in [1.82, 2.24) is 33.2 Å². The largest absolute Gasteiger partial charge is 0.309 e. The summed E-state index contributed by atoms with van der Waals surface area (Å²) in [6, 6.07) is 93.4. The Bertz CT molecular complexity index is 4930. The first-order valence-electron chi connectivity index (χ1n) is 25.8. The van der Waals surface area contributed by atoms with E-state index in [1.165, 1.54) is 43.6 Å². The second kappa shape index (κ2) is 16.6. The summed E-state index contributed by atoms with van der Waals surface area (Å²) in [5, 5.41) is 9.44. The average Bonchev–Trinajstić information content (AvgIpc) is 4.24. The Hall–Kier alpha value is -10.4. The molecule has 16 rings (SSSR count). The monoisotopic (exact) mass is 969 g/mol. The van der Waals surface area contributed by atoms with E-state index in [0.717, 1.165) is 82.9 Å². The van der Waals surface area contributed by atoms with Crippen LogP contribution in [0.25, 0.3) is 144 Å². The summed E-state index contributed by atoms with van der Waals surface area (Å²) in [7, 11) is 0. The molecule has 0 saturated carbocycles. The Kier molecular flexibility index (Phi) is 9.20. The number of nitrogens with zero attached hydrogens (tertiary/aromatic N) is 7. The fourth-order valence-electron chi connectivity index (χ4n) is 12.2. The number of hydrogen-bond donors (Lipinski definition) is 0. The van der Waals surface area contributed by atoms with Gasteiger partial charge in [-0.2, -0.15) is 9.97 Å². The van der Waals surface area contributed by atoms with Crippen LogP contribution in [0.5, 0.6) is 0 Å². The first-order chi connectivity index (χ1) is 37.7. The van der Waals surface area contributed by atoms with Crippen LogP contribution in [0.2, 0.25) is 0 Å². The van der Waals surface area contributed by atoms with Gasteiger partial charge in [-0.1, -0.05) is 194 Å². The zero-order chi connectivity index (χ0) is 49.8. The Balaban J connectivity index is 0.906. The number of para-hydroxylation sites is 5. The molecule has 0 aliphatic rings. The van der Waals surface area contributed by atoms with Crippen molar-refractivity contribution in [1.29, 1.82) is 0 Å². The zero-order valence-electron chi connectivity index (χ0n) is 41.0. The van der Waals surface area contributed by atoms with Crippen molar-refractivity contribution in [3.63, 3.8) is 0 Å². The quantitative estimate of drug-likeness (QED) is 0.160. The number of aromatic nitrogens is 7. The Morgan fingerprint density at radius 2 is 0.605 bits per heavy atom. The molecule has 0 aliphatic heterocycles. The topological polar surface area (TPSA) is 58.4 Å². The standard InChI is InChI=1S/C69H43N7/c1-4-20-44(21-5-1)67-70-68(45-22-6-2-7-23-45)72-69(71-67)76-60-36-16-12-30-51(60)54-40-41-62-63(64(54)76)57-33-13-17-37-61(57)73(62)49-28-18-24-46(42-49)47-25-19-29-50(43-47)75-59-35-15-11-32-53(59)56-39-38-55-52-31-10-14-34-58(52)74(65(55)66(56)75)48-26-8-3-9-27-48/h1-43H. The van der Waals surface area contributed by atoms with Crippen LogP contribution in [0.15, 0.2) is 261 Å². The van der Waals surface area contributed by atoms with Crippen molar-refractivity contribution in [2.75, 3.05) is 0 Å². The normalized spacial score (nSPS) is 11.9. The van der Waals surface area contributed by atoms with Crippen molar-refractivity contribution < 1.29 is 0 Å². The van der Waals surface area contributed by atoms with Crippen molar-refractivity contribution in [3.8, 4) is 56.9 Å². The summed E-state index contributed by atoms with van der Waals surface area (Å²) >= 11 is 0. The van der Waals surface area contributed by atoms with Crippen LogP contribution in [-0.2, 0) is 0 Å². The second-order valence-corrected chi connectivity index (χ2v) is 19.6. The predicted molar refractivity (Wildman–Crippen MR) is 313 cm³/mol. The number of benzene rings is 11. The van der Waals surface area contributed by atoms with Crippen molar-refractivity contribution >= 4 is 87.2 Å². The van der Waals surface area contributed by atoms with E-state index in [2.05, 4.69) is 243 Å². The first kappa shape index (κ1) is 42.2. The molecule has 76 heavy (non-hydrogen) atoms. The minimum Gasteiger partial charge on any atom is -0.309 e. The molecule has 0 spiro atoms. The molecular weight excluding hydrogens is 927 g/mol. The highest BCUT2D eigenvalue weighted by molar-refractivity contribution is 6.27. The van der Waals surface area contributed by atoms with Gasteiger partial charge in [-0.05, 0) is 77.9 Å². The van der Waals surface area contributed by atoms with Gasteiger partial charge < -0.3 is 13.7 Å². The van der Waals surface area contributed by atoms with Gasteiger partial charge in [0, 0.05) is 71.3 Å². The third kappa shape index (κ3) is 6.26. The molecule has 7 heteroatoms. The predicted octanol–water partition coefficient (Wildman–Crippen LogP) is 17.3. The van der Waals surface area contributed by atoms with Gasteiger partial charge in [-0.15, -0.1) is 0 Å². The van der Waals surface area contributed by atoms with Gasteiger partial charge in [-0.25, -0.2) is 4.98 Å². The summed E-state index contributed by atoms with van der Waals surface area (Å²) < 4.78 is 9.61. The Morgan fingerprint density at radius 1 is 0.224 bits per heavy atom. The van der Waals surface area contributed by atoms with Gasteiger partial charge in [0.05, 0.1) is 44.1 Å². The molecule has 0 atom stereocenters. The fourth-order valence-corrected chi connectivity index (χ4v) is 12.2. The maximum absolute atomic E-state index is 5.30. The van der Waals surface area contributed by atoms with Crippen LogP contribution in [-0.4, -0.2) is 33.2 Å². The molecule has 16 aromatic rings. The van der Waals surface area contributed by atoms with Crippen LogP contribution in [0.4, 0.5) is 0 Å². The van der Waals surface area contributed by atoms with E-state index in [9.17, 15) is 0 Å². The summed E-state index contributed by atoms with van der Waals surface area (Å²) in [6.45, 7) is 0. The highest BCUT2D eigenvalue weighted by atomic mass is 15.2. The maximum atomic E-state index is 5.30. The van der Waals surface area contributed by atoms with Crippen LogP contribution in [0.3, 0.4) is 0 Å². The minimum atomic E-state index is 0.565.